The van der Waals surface area contributed by atoms with Gasteiger partial charge in [0.25, 0.3) is 5.79 Å². The number of aliphatic carboxylic acids is 1. The Morgan fingerprint density at radius 3 is 2.20 bits per heavy atom. The topological polar surface area (TPSA) is 148 Å². The highest BCUT2D eigenvalue weighted by Crippen LogP contribution is 2.28. The van der Waals surface area contributed by atoms with Crippen LogP contribution in [0.4, 0.5) is 0 Å². The smallest absolute Gasteiger partial charge is 0.367 e. The molecule has 1 unspecified atom stereocenters. The van der Waals surface area contributed by atoms with Gasteiger partial charge in [-0.2, -0.15) is 0 Å². The first-order chi connectivity index (χ1) is 6.84. The van der Waals surface area contributed by atoms with Gasteiger partial charge in [0, 0.05) is 0 Å². The summed E-state index contributed by atoms with van der Waals surface area (Å²) < 4.78 is 4.43. The third-order valence-electron chi connectivity index (χ3n) is 2.27. The quantitative estimate of drug-likeness (QED) is 0.280. The second kappa shape index (κ2) is 4.00. The molecule has 0 saturated carbocycles. The van der Waals surface area contributed by atoms with Gasteiger partial charge in [0.1, 0.15) is 24.4 Å². The first-order valence-electron chi connectivity index (χ1n) is 4.13. The normalized spacial score (nSPS) is 46.5. The van der Waals surface area contributed by atoms with Gasteiger partial charge in [0.05, 0.1) is 6.61 Å². The van der Waals surface area contributed by atoms with Crippen LogP contribution in [0.25, 0.3) is 0 Å². The Labute approximate surface area is 84.0 Å². The number of carbonyl (C=O) groups is 1. The highest BCUT2D eigenvalue weighted by Gasteiger charge is 2.57. The van der Waals surface area contributed by atoms with E-state index in [0.717, 1.165) is 0 Å². The van der Waals surface area contributed by atoms with E-state index in [0.29, 0.717) is 0 Å². The molecule has 0 spiro atoms. The third kappa shape index (κ3) is 1.83. The van der Waals surface area contributed by atoms with Gasteiger partial charge < -0.3 is 35.4 Å². The zero-order valence-corrected chi connectivity index (χ0v) is 7.52. The van der Waals surface area contributed by atoms with Crippen molar-refractivity contribution in [2.45, 2.75) is 30.2 Å². The van der Waals surface area contributed by atoms with Gasteiger partial charge >= 0.3 is 5.97 Å². The van der Waals surface area contributed by atoms with Crippen LogP contribution in [0.5, 0.6) is 0 Å². The molecule has 1 aliphatic heterocycles. The summed E-state index contributed by atoms with van der Waals surface area (Å²) in [4.78, 5) is 10.6. The Kier molecular flexibility index (Phi) is 3.28. The molecule has 15 heavy (non-hydrogen) atoms. The molecule has 1 rings (SSSR count). The molecular weight excluding hydrogens is 212 g/mol. The highest BCUT2D eigenvalue weighted by molar-refractivity contribution is 5.76. The first kappa shape index (κ1) is 12.3. The van der Waals surface area contributed by atoms with E-state index in [2.05, 4.69) is 4.74 Å². The van der Waals surface area contributed by atoms with Gasteiger partial charge in [0.15, 0.2) is 0 Å². The van der Waals surface area contributed by atoms with Crippen molar-refractivity contribution >= 4 is 5.97 Å². The van der Waals surface area contributed by atoms with Gasteiger partial charge in [-0.25, -0.2) is 4.79 Å². The Morgan fingerprint density at radius 2 is 1.80 bits per heavy atom. The monoisotopic (exact) mass is 224 g/mol. The zero-order chi connectivity index (χ0) is 11.8. The van der Waals surface area contributed by atoms with E-state index in [-0.39, 0.29) is 0 Å². The standard InChI is InChI=1S/C7H12O8/c8-1-2-3(9)4(10)5(11)7(14,15-2)6(12)13/h2-5,8-11,14H,1H2,(H,12,13)/t2-,3+,4+,5+,7?/m1/s1. The molecule has 8 heteroatoms. The molecule has 0 aromatic rings. The summed E-state index contributed by atoms with van der Waals surface area (Å²) in [7, 11) is 0. The van der Waals surface area contributed by atoms with Crippen molar-refractivity contribution in [2.75, 3.05) is 6.61 Å². The molecular formula is C7H12O8. The van der Waals surface area contributed by atoms with Crippen molar-refractivity contribution in [3.05, 3.63) is 0 Å². The van der Waals surface area contributed by atoms with E-state index >= 15 is 0 Å². The number of hydrogen-bond acceptors (Lipinski definition) is 7. The first-order valence-corrected chi connectivity index (χ1v) is 4.13. The molecule has 0 aromatic heterocycles. The molecule has 0 amide bonds. The van der Waals surface area contributed by atoms with Crippen LogP contribution >= 0.6 is 0 Å². The summed E-state index contributed by atoms with van der Waals surface area (Å²) in [5.74, 6) is -4.95. The van der Waals surface area contributed by atoms with Gasteiger partial charge in [-0.05, 0) is 0 Å². The lowest BCUT2D eigenvalue weighted by molar-refractivity contribution is -0.337. The zero-order valence-electron chi connectivity index (χ0n) is 7.52. The molecule has 0 radical (unpaired) electrons. The van der Waals surface area contributed by atoms with Crippen molar-refractivity contribution < 1.29 is 40.2 Å². The number of rotatable bonds is 2. The average molecular weight is 224 g/mol. The minimum Gasteiger partial charge on any atom is -0.477 e. The fourth-order valence-corrected chi connectivity index (χ4v) is 1.33. The predicted molar refractivity (Wildman–Crippen MR) is 42.6 cm³/mol. The minimum absolute atomic E-state index is 0.805. The van der Waals surface area contributed by atoms with Crippen molar-refractivity contribution in [1.82, 2.24) is 0 Å². The van der Waals surface area contributed by atoms with E-state index in [1.807, 2.05) is 0 Å². The van der Waals surface area contributed by atoms with Gasteiger partial charge in [-0.1, -0.05) is 0 Å². The summed E-state index contributed by atoms with van der Waals surface area (Å²) in [5.41, 5.74) is 0. The Balaban J connectivity index is 2.97. The number of aliphatic hydroxyl groups excluding tert-OH is 4. The molecule has 1 heterocycles. The van der Waals surface area contributed by atoms with E-state index in [1.54, 1.807) is 0 Å². The molecule has 8 nitrogen and oxygen atoms in total. The molecule has 0 aromatic carbocycles. The van der Waals surface area contributed by atoms with Crippen LogP contribution < -0.4 is 0 Å². The molecule has 88 valence electrons. The van der Waals surface area contributed by atoms with E-state index in [4.69, 9.17) is 10.2 Å². The molecule has 0 aliphatic carbocycles. The average Bonchev–Trinajstić information content (AvgIpc) is 2.20. The number of carboxylic acid groups (broad SMARTS) is 1. The summed E-state index contributed by atoms with van der Waals surface area (Å²) >= 11 is 0. The maximum atomic E-state index is 10.6. The molecule has 1 saturated heterocycles. The van der Waals surface area contributed by atoms with Crippen LogP contribution in [0.15, 0.2) is 0 Å². The Morgan fingerprint density at radius 1 is 1.27 bits per heavy atom. The van der Waals surface area contributed by atoms with Gasteiger partial charge in [0.2, 0.25) is 0 Å². The predicted octanol–water partition coefficient (Wildman–Crippen LogP) is -3.77. The van der Waals surface area contributed by atoms with E-state index in [9.17, 15) is 25.2 Å². The lowest BCUT2D eigenvalue weighted by Crippen LogP contribution is -2.68. The SMILES string of the molecule is O=C(O)C1(O)O[C@H](CO)[C@H](O)[C@H](O)[C@@H]1O. The van der Waals surface area contributed by atoms with E-state index in [1.165, 1.54) is 0 Å². The highest BCUT2D eigenvalue weighted by atomic mass is 16.7. The molecule has 5 atom stereocenters. The summed E-state index contributed by atoms with van der Waals surface area (Å²) in [6.07, 6.45) is -7.28. The third-order valence-corrected chi connectivity index (χ3v) is 2.27. The van der Waals surface area contributed by atoms with Crippen LogP contribution in [0.2, 0.25) is 0 Å². The van der Waals surface area contributed by atoms with E-state index < -0.39 is 42.8 Å². The van der Waals surface area contributed by atoms with Crippen molar-refractivity contribution in [3.63, 3.8) is 0 Å². The van der Waals surface area contributed by atoms with Crippen LogP contribution in [-0.2, 0) is 9.53 Å². The van der Waals surface area contributed by atoms with Crippen LogP contribution in [-0.4, -0.2) is 73.4 Å². The molecule has 1 fully saturated rings. The maximum Gasteiger partial charge on any atom is 0.367 e. The number of ether oxygens (including phenoxy) is 1. The summed E-state index contributed by atoms with van der Waals surface area (Å²) in [5, 5.41) is 54.3. The number of aliphatic hydroxyl groups is 5. The van der Waals surface area contributed by atoms with Crippen LogP contribution in [0, 0.1) is 0 Å². The Hall–Kier alpha value is -0.770. The lowest BCUT2D eigenvalue weighted by atomic mass is 9.93. The number of hydrogen-bond donors (Lipinski definition) is 6. The minimum atomic E-state index is -3.04. The molecule has 0 bridgehead atoms. The fourth-order valence-electron chi connectivity index (χ4n) is 1.33. The fraction of sp³-hybridized carbons (Fsp3) is 0.857. The van der Waals surface area contributed by atoms with Crippen molar-refractivity contribution in [1.29, 1.82) is 0 Å². The number of carboxylic acids is 1. The second-order valence-electron chi connectivity index (χ2n) is 3.27. The largest absolute Gasteiger partial charge is 0.477 e. The summed E-state index contributed by atoms with van der Waals surface area (Å²) in [6.45, 7) is -0.805. The van der Waals surface area contributed by atoms with Crippen LogP contribution in [0.3, 0.4) is 0 Å². The van der Waals surface area contributed by atoms with Crippen LogP contribution in [0.1, 0.15) is 0 Å². The molecule has 6 N–H and O–H groups in total. The van der Waals surface area contributed by atoms with Gasteiger partial charge in [-0.15, -0.1) is 0 Å². The van der Waals surface area contributed by atoms with Gasteiger partial charge in [-0.3, -0.25) is 0 Å². The second-order valence-corrected chi connectivity index (χ2v) is 3.27. The molecule has 1 aliphatic rings. The maximum absolute atomic E-state index is 10.6. The van der Waals surface area contributed by atoms with Crippen molar-refractivity contribution in [2.24, 2.45) is 0 Å². The van der Waals surface area contributed by atoms with Crippen molar-refractivity contribution in [3.8, 4) is 0 Å². The Bertz CT molecular complexity index is 253. The lowest BCUT2D eigenvalue weighted by Gasteiger charge is -2.42. The summed E-state index contributed by atoms with van der Waals surface area (Å²) in [6, 6.07) is 0.